The molecule has 0 bridgehead atoms. The van der Waals surface area contributed by atoms with Crippen molar-refractivity contribution in [3.8, 4) is 0 Å². The van der Waals surface area contributed by atoms with Crippen LogP contribution >= 0.6 is 0 Å². The van der Waals surface area contributed by atoms with E-state index in [9.17, 15) is 34.5 Å². The van der Waals surface area contributed by atoms with Gasteiger partial charge in [-0.1, -0.05) is 109 Å². The zero-order valence-corrected chi connectivity index (χ0v) is 30.0. The Balaban J connectivity index is 1.15. The molecule has 1 amide bonds. The van der Waals surface area contributed by atoms with Crippen LogP contribution in [0.5, 0.6) is 0 Å². The summed E-state index contributed by atoms with van der Waals surface area (Å²) in [5.41, 5.74) is 3.70. The maximum atomic E-state index is 14.3. The van der Waals surface area contributed by atoms with Crippen molar-refractivity contribution >= 4 is 29.5 Å². The maximum Gasteiger partial charge on any atom is 0.338 e. The van der Waals surface area contributed by atoms with Gasteiger partial charge < -0.3 is 34.3 Å². The van der Waals surface area contributed by atoms with E-state index in [4.69, 9.17) is 18.9 Å². The lowest BCUT2D eigenvalue weighted by Gasteiger charge is -2.38. The molecule has 0 aliphatic carbocycles. The largest absolute Gasteiger partial charge is 0.460 e. The summed E-state index contributed by atoms with van der Waals surface area (Å²) < 4.78 is 21.9. The number of nitrogens with zero attached hydrogens (tertiary/aromatic N) is 1. The number of carbonyl (C=O) groups is 4. The number of carbonyl (C=O) groups excluding carboxylic acids is 4. The number of amides is 1. The predicted molar refractivity (Wildman–Crippen MR) is 198 cm³/mol. The van der Waals surface area contributed by atoms with E-state index in [1.54, 1.807) is 42.5 Å². The third-order valence-electron chi connectivity index (χ3n) is 9.58. The van der Waals surface area contributed by atoms with Gasteiger partial charge in [0.25, 0.3) is 0 Å². The lowest BCUT2D eigenvalue weighted by atomic mass is 9.99. The number of anilines is 1. The first-order valence-corrected chi connectivity index (χ1v) is 18.2. The number of aliphatic hydroxyl groups excluding tert-OH is 3. The van der Waals surface area contributed by atoms with Crippen LogP contribution in [0.3, 0.4) is 0 Å². The number of rotatable bonds is 14. The SMILES string of the molecule is O=C(CN1C(=O)[C@@H](N[C@H](CCc2ccccc2)C(=O)OCc2ccccc2)CCc2ccccc21)O[C@H]1OC(C(=O)OCc2ccccc2)[C@H](O)[C@@H](O)[C@H]1O. The molecule has 2 aliphatic rings. The van der Waals surface area contributed by atoms with Gasteiger partial charge in [0.15, 0.2) is 6.10 Å². The van der Waals surface area contributed by atoms with Gasteiger partial charge in [0.2, 0.25) is 12.2 Å². The van der Waals surface area contributed by atoms with E-state index in [-0.39, 0.29) is 13.2 Å². The highest BCUT2D eigenvalue weighted by atomic mass is 16.7. The maximum absolute atomic E-state index is 14.3. The molecule has 1 saturated heterocycles. The van der Waals surface area contributed by atoms with Gasteiger partial charge in [-0.3, -0.25) is 24.6 Å². The number of aliphatic hydroxyl groups is 3. The summed E-state index contributed by atoms with van der Waals surface area (Å²) in [6, 6.07) is 32.9. The minimum absolute atomic E-state index is 0.0532. The zero-order valence-electron chi connectivity index (χ0n) is 30.0. The quantitative estimate of drug-likeness (QED) is 0.109. The van der Waals surface area contributed by atoms with Gasteiger partial charge in [-0.15, -0.1) is 0 Å². The first-order chi connectivity index (χ1) is 26.7. The summed E-state index contributed by atoms with van der Waals surface area (Å²) in [6.07, 6.45) is -7.80. The summed E-state index contributed by atoms with van der Waals surface area (Å²) in [5.74, 6) is -3.11. The molecule has 1 fully saturated rings. The first-order valence-electron chi connectivity index (χ1n) is 18.2. The molecule has 288 valence electrons. The van der Waals surface area contributed by atoms with Crippen molar-refractivity contribution in [2.45, 2.75) is 81.7 Å². The van der Waals surface area contributed by atoms with Gasteiger partial charge in [-0.2, -0.15) is 0 Å². The van der Waals surface area contributed by atoms with Gasteiger partial charge in [0, 0.05) is 5.69 Å². The Morgan fingerprint density at radius 3 is 1.98 bits per heavy atom. The molecule has 2 heterocycles. The Bertz CT molecular complexity index is 1900. The monoisotopic (exact) mass is 752 g/mol. The van der Waals surface area contributed by atoms with Crippen molar-refractivity contribution in [3.05, 3.63) is 138 Å². The molecule has 55 heavy (non-hydrogen) atoms. The van der Waals surface area contributed by atoms with Crippen LogP contribution in [0.25, 0.3) is 0 Å². The lowest BCUT2D eigenvalue weighted by Crippen LogP contribution is -2.61. The number of hydrogen-bond acceptors (Lipinski definition) is 12. The van der Waals surface area contributed by atoms with Crippen LogP contribution in [-0.4, -0.2) is 88.5 Å². The lowest BCUT2D eigenvalue weighted by molar-refractivity contribution is -0.287. The van der Waals surface area contributed by atoms with Crippen LogP contribution in [0.4, 0.5) is 5.69 Å². The number of ether oxygens (including phenoxy) is 4. The Morgan fingerprint density at radius 1 is 0.745 bits per heavy atom. The number of esters is 3. The molecule has 0 saturated carbocycles. The highest BCUT2D eigenvalue weighted by molar-refractivity contribution is 6.02. The minimum atomic E-state index is -1.93. The molecule has 4 aromatic carbocycles. The molecule has 13 nitrogen and oxygen atoms in total. The van der Waals surface area contributed by atoms with Crippen molar-refractivity contribution in [2.75, 3.05) is 11.4 Å². The molecular formula is C42H44N2O11. The molecule has 2 aliphatic heterocycles. The molecule has 4 aromatic rings. The Labute approximate surface area is 318 Å². The van der Waals surface area contributed by atoms with Crippen LogP contribution in [0, 0.1) is 0 Å². The molecule has 7 atom stereocenters. The second kappa shape index (κ2) is 18.7. The number of hydrogen-bond donors (Lipinski definition) is 4. The normalized spacial score (nSPS) is 22.8. The summed E-state index contributed by atoms with van der Waals surface area (Å²) >= 11 is 0. The minimum Gasteiger partial charge on any atom is -0.460 e. The fraction of sp³-hybridized carbons (Fsp3) is 0.333. The standard InChI is InChI=1S/C42H44N2O11/c45-34(54-42-37(48)35(46)36(47)38(55-42)41(51)53-26-29-16-8-3-9-17-29)24-44-33-19-11-10-18-30(33)21-23-31(39(44)49)43-32(22-20-27-12-4-1-5-13-27)40(50)52-25-28-14-6-2-7-15-28/h1-19,31-32,35-38,42-43,46-48H,20-26H2/t31-,32+,35+,36+,37+,38?,42-/m0/s1. The average Bonchev–Trinajstić information content (AvgIpc) is 3.34. The summed E-state index contributed by atoms with van der Waals surface area (Å²) in [6.45, 7) is -0.744. The number of para-hydroxylation sites is 1. The fourth-order valence-corrected chi connectivity index (χ4v) is 6.58. The van der Waals surface area contributed by atoms with E-state index in [1.807, 2.05) is 72.8 Å². The second-order valence-electron chi connectivity index (χ2n) is 13.5. The van der Waals surface area contributed by atoms with E-state index in [1.165, 1.54) is 4.90 Å². The number of benzene rings is 4. The fourth-order valence-electron chi connectivity index (χ4n) is 6.58. The van der Waals surface area contributed by atoms with Crippen molar-refractivity contribution in [3.63, 3.8) is 0 Å². The number of nitrogens with one attached hydrogen (secondary N) is 1. The van der Waals surface area contributed by atoms with Crippen molar-refractivity contribution in [1.29, 1.82) is 0 Å². The summed E-state index contributed by atoms with van der Waals surface area (Å²) in [4.78, 5) is 55.5. The van der Waals surface area contributed by atoms with E-state index >= 15 is 0 Å². The molecular weight excluding hydrogens is 708 g/mol. The number of fused-ring (bicyclic) bond motifs is 1. The highest BCUT2D eigenvalue weighted by Crippen LogP contribution is 2.29. The first kappa shape index (κ1) is 39.3. The second-order valence-corrected chi connectivity index (χ2v) is 13.5. The highest BCUT2D eigenvalue weighted by Gasteiger charge is 2.49. The van der Waals surface area contributed by atoms with Gasteiger partial charge in [0.1, 0.15) is 44.1 Å². The van der Waals surface area contributed by atoms with Crippen LogP contribution in [-0.2, 0) is 64.2 Å². The van der Waals surface area contributed by atoms with Crippen LogP contribution in [0.2, 0.25) is 0 Å². The van der Waals surface area contributed by atoms with Crippen LogP contribution < -0.4 is 10.2 Å². The third-order valence-corrected chi connectivity index (χ3v) is 9.58. The van der Waals surface area contributed by atoms with E-state index in [0.29, 0.717) is 36.9 Å². The number of aryl methyl sites for hydroxylation is 2. The van der Waals surface area contributed by atoms with Gasteiger partial charge in [-0.25, -0.2) is 4.79 Å². The van der Waals surface area contributed by atoms with E-state index in [2.05, 4.69) is 5.32 Å². The zero-order chi connectivity index (χ0) is 38.7. The van der Waals surface area contributed by atoms with Gasteiger partial charge >= 0.3 is 17.9 Å². The Morgan fingerprint density at radius 2 is 1.33 bits per heavy atom. The molecule has 0 spiro atoms. The van der Waals surface area contributed by atoms with Crippen molar-refractivity contribution in [2.24, 2.45) is 0 Å². The van der Waals surface area contributed by atoms with Crippen LogP contribution in [0.1, 0.15) is 35.1 Å². The Kier molecular flexibility index (Phi) is 13.4. The molecule has 13 heteroatoms. The third kappa shape index (κ3) is 10.2. The van der Waals surface area contributed by atoms with E-state index in [0.717, 1.165) is 16.7 Å². The topological polar surface area (TPSA) is 181 Å². The smallest absolute Gasteiger partial charge is 0.338 e. The predicted octanol–water partition coefficient (Wildman–Crippen LogP) is 2.76. The van der Waals surface area contributed by atoms with Crippen LogP contribution in [0.15, 0.2) is 115 Å². The summed E-state index contributed by atoms with van der Waals surface area (Å²) in [7, 11) is 0. The molecule has 0 radical (unpaired) electrons. The average molecular weight is 753 g/mol. The van der Waals surface area contributed by atoms with Gasteiger partial charge in [0.05, 0.1) is 6.04 Å². The molecule has 6 rings (SSSR count). The molecule has 4 N–H and O–H groups in total. The van der Waals surface area contributed by atoms with Crippen molar-refractivity contribution in [1.82, 2.24) is 5.32 Å². The van der Waals surface area contributed by atoms with E-state index < -0.39 is 73.1 Å². The molecule has 1 unspecified atom stereocenters. The van der Waals surface area contributed by atoms with Gasteiger partial charge in [-0.05, 0) is 54.0 Å². The Hall–Kier alpha value is -5.44. The molecule has 0 aromatic heterocycles. The van der Waals surface area contributed by atoms with Crippen molar-refractivity contribution < 1.29 is 53.4 Å². The summed E-state index contributed by atoms with van der Waals surface area (Å²) in [5, 5.41) is 35.0.